The van der Waals surface area contributed by atoms with E-state index >= 15 is 0 Å². The van der Waals surface area contributed by atoms with Gasteiger partial charge in [-0.1, -0.05) is 19.8 Å². The summed E-state index contributed by atoms with van der Waals surface area (Å²) in [6, 6.07) is 0.461. The van der Waals surface area contributed by atoms with Crippen LogP contribution >= 0.6 is 0 Å². The van der Waals surface area contributed by atoms with Crippen LogP contribution in [0.5, 0.6) is 0 Å². The third-order valence-electron chi connectivity index (χ3n) is 4.00. The molecule has 1 saturated carbocycles. The molecular weight excluding hydrogens is 190 g/mol. The Kier molecular flexibility index (Phi) is 3.17. The van der Waals surface area contributed by atoms with E-state index in [0.717, 1.165) is 18.4 Å². The number of rotatable bonds is 0. The predicted octanol–water partition coefficient (Wildman–Crippen LogP) is 2.65. The number of nitrogens with zero attached hydrogens (tertiary/aromatic N) is 1. The molecule has 0 aromatic heterocycles. The Hall–Kier alpha value is -0.730. The first-order chi connectivity index (χ1) is 7.22. The molecule has 15 heavy (non-hydrogen) atoms. The van der Waals surface area contributed by atoms with E-state index in [1.807, 2.05) is 4.90 Å². The average molecular weight is 211 g/mol. The second-order valence-electron chi connectivity index (χ2n) is 5.05. The van der Waals surface area contributed by atoms with Gasteiger partial charge in [0, 0.05) is 12.6 Å². The van der Waals surface area contributed by atoms with Gasteiger partial charge in [-0.15, -0.1) is 0 Å². The fraction of sp³-hybridized carbons (Fsp3) is 0.917. The standard InChI is InChI=1S/C12H21NO2/c1-9-4-3-5-11-10(8-9)6-7-13(11)12(14)15-2/h9-11H,3-8H2,1-2H3. The van der Waals surface area contributed by atoms with Crippen molar-refractivity contribution in [2.45, 2.75) is 45.1 Å². The van der Waals surface area contributed by atoms with Crippen molar-refractivity contribution in [3.05, 3.63) is 0 Å². The summed E-state index contributed by atoms with van der Waals surface area (Å²) in [5.74, 6) is 1.55. The summed E-state index contributed by atoms with van der Waals surface area (Å²) in [7, 11) is 1.48. The molecule has 1 amide bonds. The van der Waals surface area contributed by atoms with E-state index < -0.39 is 0 Å². The summed E-state index contributed by atoms with van der Waals surface area (Å²) < 4.78 is 4.84. The molecule has 0 bridgehead atoms. The molecule has 2 aliphatic rings. The number of likely N-dealkylation sites (tertiary alicyclic amines) is 1. The molecule has 0 N–H and O–H groups in total. The summed E-state index contributed by atoms with van der Waals surface area (Å²) in [5.41, 5.74) is 0. The van der Waals surface area contributed by atoms with Crippen molar-refractivity contribution in [1.29, 1.82) is 0 Å². The van der Waals surface area contributed by atoms with E-state index in [4.69, 9.17) is 4.74 Å². The molecular formula is C12H21NO2. The van der Waals surface area contributed by atoms with Gasteiger partial charge in [0.05, 0.1) is 7.11 Å². The minimum absolute atomic E-state index is 0.128. The van der Waals surface area contributed by atoms with Crippen LogP contribution in [0.1, 0.15) is 39.0 Å². The monoisotopic (exact) mass is 211 g/mol. The number of amides is 1. The second-order valence-corrected chi connectivity index (χ2v) is 5.05. The second kappa shape index (κ2) is 4.42. The van der Waals surface area contributed by atoms with E-state index in [9.17, 15) is 4.79 Å². The van der Waals surface area contributed by atoms with Crippen molar-refractivity contribution in [3.63, 3.8) is 0 Å². The first-order valence-electron chi connectivity index (χ1n) is 6.07. The Bertz CT molecular complexity index is 242. The molecule has 0 aromatic rings. The van der Waals surface area contributed by atoms with Gasteiger partial charge in [-0.2, -0.15) is 0 Å². The van der Waals surface area contributed by atoms with Gasteiger partial charge in [0.25, 0.3) is 0 Å². The topological polar surface area (TPSA) is 29.5 Å². The molecule has 3 heteroatoms. The molecule has 0 radical (unpaired) electrons. The lowest BCUT2D eigenvalue weighted by Gasteiger charge is -2.25. The number of hydrogen-bond donors (Lipinski definition) is 0. The van der Waals surface area contributed by atoms with Gasteiger partial charge in [0.1, 0.15) is 0 Å². The molecule has 0 spiro atoms. The van der Waals surface area contributed by atoms with Gasteiger partial charge in [0.2, 0.25) is 0 Å². The molecule has 86 valence electrons. The first-order valence-corrected chi connectivity index (χ1v) is 6.07. The maximum atomic E-state index is 11.6. The third-order valence-corrected chi connectivity index (χ3v) is 4.00. The highest BCUT2D eigenvalue weighted by atomic mass is 16.5. The van der Waals surface area contributed by atoms with Crippen LogP contribution in [0.4, 0.5) is 4.79 Å². The lowest BCUT2D eigenvalue weighted by Crippen LogP contribution is -2.37. The zero-order valence-electron chi connectivity index (χ0n) is 9.74. The van der Waals surface area contributed by atoms with Crippen LogP contribution < -0.4 is 0 Å². The Morgan fingerprint density at radius 2 is 2.13 bits per heavy atom. The third kappa shape index (κ3) is 2.11. The summed E-state index contributed by atoms with van der Waals surface area (Å²) in [4.78, 5) is 13.5. The fourth-order valence-corrected chi connectivity index (χ4v) is 3.24. The van der Waals surface area contributed by atoms with Crippen LogP contribution in [0, 0.1) is 11.8 Å². The van der Waals surface area contributed by atoms with Gasteiger partial charge < -0.3 is 9.64 Å². The normalized spacial score (nSPS) is 35.9. The largest absolute Gasteiger partial charge is 0.453 e. The van der Waals surface area contributed by atoms with Gasteiger partial charge in [0.15, 0.2) is 0 Å². The molecule has 1 aliphatic carbocycles. The van der Waals surface area contributed by atoms with Gasteiger partial charge >= 0.3 is 6.09 Å². The van der Waals surface area contributed by atoms with Crippen LogP contribution in [-0.2, 0) is 4.74 Å². The van der Waals surface area contributed by atoms with Gasteiger partial charge in [-0.25, -0.2) is 4.79 Å². The van der Waals surface area contributed by atoms with Gasteiger partial charge in [-0.3, -0.25) is 0 Å². The van der Waals surface area contributed by atoms with Crippen molar-refractivity contribution < 1.29 is 9.53 Å². The fourth-order valence-electron chi connectivity index (χ4n) is 3.24. The van der Waals surface area contributed by atoms with Crippen molar-refractivity contribution in [2.24, 2.45) is 11.8 Å². The molecule has 3 nitrogen and oxygen atoms in total. The van der Waals surface area contributed by atoms with Crippen molar-refractivity contribution in [3.8, 4) is 0 Å². The molecule has 1 saturated heterocycles. The number of hydrogen-bond acceptors (Lipinski definition) is 2. The number of methoxy groups -OCH3 is 1. The van der Waals surface area contributed by atoms with Crippen LogP contribution in [0.2, 0.25) is 0 Å². The van der Waals surface area contributed by atoms with E-state index in [1.165, 1.54) is 39.2 Å². The molecule has 1 heterocycles. The average Bonchev–Trinajstić information content (AvgIpc) is 2.52. The highest BCUT2D eigenvalue weighted by molar-refractivity contribution is 5.68. The first kappa shape index (κ1) is 10.8. The Morgan fingerprint density at radius 3 is 2.87 bits per heavy atom. The summed E-state index contributed by atoms with van der Waals surface area (Å²) >= 11 is 0. The van der Waals surface area contributed by atoms with E-state index in [1.54, 1.807) is 0 Å². The quantitative estimate of drug-likeness (QED) is 0.616. The van der Waals surface area contributed by atoms with Crippen LogP contribution in [0.3, 0.4) is 0 Å². The van der Waals surface area contributed by atoms with Crippen LogP contribution in [-0.4, -0.2) is 30.7 Å². The Morgan fingerprint density at radius 1 is 1.33 bits per heavy atom. The number of carbonyl (C=O) groups excluding carboxylic acids is 1. The van der Waals surface area contributed by atoms with Crippen LogP contribution in [0.25, 0.3) is 0 Å². The minimum atomic E-state index is -0.128. The summed E-state index contributed by atoms with van der Waals surface area (Å²) in [6.07, 6.45) is 6.08. The summed E-state index contributed by atoms with van der Waals surface area (Å²) in [6.45, 7) is 3.23. The smallest absolute Gasteiger partial charge is 0.409 e. The Balaban J connectivity index is 2.04. The molecule has 3 atom stereocenters. The summed E-state index contributed by atoms with van der Waals surface area (Å²) in [5, 5.41) is 0. The van der Waals surface area contributed by atoms with Crippen LogP contribution in [0.15, 0.2) is 0 Å². The molecule has 2 fully saturated rings. The zero-order valence-corrected chi connectivity index (χ0v) is 9.74. The maximum Gasteiger partial charge on any atom is 0.409 e. The van der Waals surface area contributed by atoms with E-state index in [0.29, 0.717) is 6.04 Å². The zero-order chi connectivity index (χ0) is 10.8. The van der Waals surface area contributed by atoms with Crippen molar-refractivity contribution in [2.75, 3.05) is 13.7 Å². The highest BCUT2D eigenvalue weighted by Gasteiger charge is 2.38. The van der Waals surface area contributed by atoms with Gasteiger partial charge in [-0.05, 0) is 31.1 Å². The molecule has 3 unspecified atom stereocenters. The lowest BCUT2D eigenvalue weighted by molar-refractivity contribution is 0.112. The molecule has 2 rings (SSSR count). The minimum Gasteiger partial charge on any atom is -0.453 e. The lowest BCUT2D eigenvalue weighted by atomic mass is 9.91. The number of ether oxygens (including phenoxy) is 1. The number of fused-ring (bicyclic) bond motifs is 1. The Labute approximate surface area is 91.8 Å². The molecule has 0 aromatic carbocycles. The maximum absolute atomic E-state index is 11.6. The molecule has 1 aliphatic heterocycles. The highest BCUT2D eigenvalue weighted by Crippen LogP contribution is 2.37. The van der Waals surface area contributed by atoms with E-state index in [-0.39, 0.29) is 6.09 Å². The van der Waals surface area contributed by atoms with Crippen molar-refractivity contribution in [1.82, 2.24) is 4.90 Å². The predicted molar refractivity (Wildman–Crippen MR) is 58.6 cm³/mol. The van der Waals surface area contributed by atoms with E-state index in [2.05, 4.69) is 6.92 Å². The SMILES string of the molecule is COC(=O)N1CCC2CC(C)CCCC21. The van der Waals surface area contributed by atoms with Crippen molar-refractivity contribution >= 4 is 6.09 Å². The number of carbonyl (C=O) groups is 1.